The number of benzene rings is 3. The molecular formula is C31H36FN3O6S. The maximum atomic E-state index is 14.0. The van der Waals surface area contributed by atoms with Gasteiger partial charge < -0.3 is 19.7 Å². The number of rotatable bonds is 12. The summed E-state index contributed by atoms with van der Waals surface area (Å²) in [7, 11) is -1.44. The number of hydrogen-bond acceptors (Lipinski definition) is 6. The van der Waals surface area contributed by atoms with Crippen LogP contribution in [0.4, 0.5) is 10.1 Å². The van der Waals surface area contributed by atoms with Crippen molar-refractivity contribution in [2.75, 3.05) is 25.1 Å². The second-order valence-corrected chi connectivity index (χ2v) is 12.0. The Balaban J connectivity index is 1.69. The third kappa shape index (κ3) is 7.20. The Morgan fingerprint density at radius 3 is 2.21 bits per heavy atom. The lowest BCUT2D eigenvalue weighted by molar-refractivity contribution is -0.139. The lowest BCUT2D eigenvalue weighted by Crippen LogP contribution is -2.52. The summed E-state index contributed by atoms with van der Waals surface area (Å²) in [6.07, 6.45) is 3.79. The number of anilines is 1. The quantitative estimate of drug-likeness (QED) is 0.329. The average Bonchev–Trinajstić information content (AvgIpc) is 3.52. The van der Waals surface area contributed by atoms with Crippen LogP contribution in [0.1, 0.15) is 38.2 Å². The van der Waals surface area contributed by atoms with Crippen molar-refractivity contribution in [3.8, 4) is 11.5 Å². The number of carbonyl (C=O) groups excluding carboxylic acids is 2. The number of amides is 2. The van der Waals surface area contributed by atoms with Crippen molar-refractivity contribution in [2.45, 2.75) is 56.1 Å². The molecule has 0 unspecified atom stereocenters. The van der Waals surface area contributed by atoms with Gasteiger partial charge in [-0.2, -0.15) is 0 Å². The largest absolute Gasteiger partial charge is 0.493 e. The lowest BCUT2D eigenvalue weighted by atomic mass is 10.1. The topological polar surface area (TPSA) is 105 Å². The number of para-hydroxylation sites is 1. The van der Waals surface area contributed by atoms with Crippen molar-refractivity contribution in [1.82, 2.24) is 10.2 Å². The van der Waals surface area contributed by atoms with Crippen LogP contribution in [0.15, 0.2) is 77.7 Å². The maximum absolute atomic E-state index is 14.0. The molecule has 0 spiro atoms. The number of sulfonamides is 1. The maximum Gasteiger partial charge on any atom is 0.264 e. The minimum absolute atomic E-state index is 0.0165. The van der Waals surface area contributed by atoms with Crippen LogP contribution in [0.5, 0.6) is 11.5 Å². The van der Waals surface area contributed by atoms with Gasteiger partial charge >= 0.3 is 0 Å². The average molecular weight is 598 g/mol. The molecule has 2 amide bonds. The number of ether oxygens (including phenoxy) is 2. The van der Waals surface area contributed by atoms with Crippen LogP contribution in [0.3, 0.4) is 0 Å². The summed E-state index contributed by atoms with van der Waals surface area (Å²) in [6, 6.07) is 17.2. The Labute approximate surface area is 246 Å². The van der Waals surface area contributed by atoms with E-state index in [0.29, 0.717) is 11.3 Å². The summed E-state index contributed by atoms with van der Waals surface area (Å²) >= 11 is 0. The van der Waals surface area contributed by atoms with Crippen LogP contribution in [0, 0.1) is 5.82 Å². The number of nitrogens with one attached hydrogen (secondary N) is 1. The van der Waals surface area contributed by atoms with Crippen molar-refractivity contribution in [1.29, 1.82) is 0 Å². The molecule has 0 bridgehead atoms. The molecule has 0 heterocycles. The third-order valence-corrected chi connectivity index (χ3v) is 9.17. The molecule has 1 atom stereocenters. The highest BCUT2D eigenvalue weighted by atomic mass is 32.2. The molecule has 0 saturated heterocycles. The van der Waals surface area contributed by atoms with Crippen LogP contribution < -0.4 is 19.1 Å². The molecule has 0 aromatic heterocycles. The van der Waals surface area contributed by atoms with E-state index in [1.807, 2.05) is 0 Å². The first-order chi connectivity index (χ1) is 20.1. The van der Waals surface area contributed by atoms with Gasteiger partial charge in [0.15, 0.2) is 11.5 Å². The Morgan fingerprint density at radius 2 is 1.60 bits per heavy atom. The molecule has 3 aromatic carbocycles. The Bertz CT molecular complexity index is 1480. The van der Waals surface area contributed by atoms with Gasteiger partial charge in [0.05, 0.1) is 24.8 Å². The molecule has 11 heteroatoms. The van der Waals surface area contributed by atoms with E-state index in [0.717, 1.165) is 30.0 Å². The normalized spacial score (nSPS) is 14.2. The number of halogens is 1. The van der Waals surface area contributed by atoms with Crippen LogP contribution in [-0.2, 0) is 26.2 Å². The summed E-state index contributed by atoms with van der Waals surface area (Å²) in [5.74, 6) is -0.785. The van der Waals surface area contributed by atoms with Gasteiger partial charge in [-0.25, -0.2) is 12.8 Å². The molecular weight excluding hydrogens is 561 g/mol. The SMILES string of the molecule is COc1ccc(S(=O)(=O)N(CC(=O)N(Cc2ccc(F)cc2)[C@@H](C)C(=O)NC2CCCC2)c2ccccc2)cc1OC. The predicted octanol–water partition coefficient (Wildman–Crippen LogP) is 4.51. The number of carbonyl (C=O) groups is 2. The molecule has 1 saturated carbocycles. The van der Waals surface area contributed by atoms with Gasteiger partial charge in [-0.05, 0) is 61.7 Å². The Morgan fingerprint density at radius 1 is 0.952 bits per heavy atom. The first-order valence-corrected chi connectivity index (χ1v) is 15.2. The number of nitrogens with zero attached hydrogens (tertiary/aromatic N) is 2. The fraction of sp³-hybridized carbons (Fsp3) is 0.355. The molecule has 42 heavy (non-hydrogen) atoms. The fourth-order valence-electron chi connectivity index (χ4n) is 4.99. The molecule has 1 aliphatic rings. The van der Waals surface area contributed by atoms with Crippen LogP contribution in [0.2, 0.25) is 0 Å². The predicted molar refractivity (Wildman–Crippen MR) is 157 cm³/mol. The second kappa shape index (κ2) is 13.7. The van der Waals surface area contributed by atoms with E-state index in [1.165, 1.54) is 61.6 Å². The van der Waals surface area contributed by atoms with E-state index < -0.39 is 34.3 Å². The van der Waals surface area contributed by atoms with Crippen molar-refractivity contribution in [3.05, 3.63) is 84.2 Å². The monoisotopic (exact) mass is 597 g/mol. The first kappa shape index (κ1) is 30.8. The Hall–Kier alpha value is -4.12. The van der Waals surface area contributed by atoms with Crippen molar-refractivity contribution in [2.24, 2.45) is 0 Å². The highest BCUT2D eigenvalue weighted by Crippen LogP contribution is 2.32. The fourth-order valence-corrected chi connectivity index (χ4v) is 6.42. The highest BCUT2D eigenvalue weighted by Gasteiger charge is 2.33. The molecule has 1 fully saturated rings. The lowest BCUT2D eigenvalue weighted by Gasteiger charge is -2.32. The van der Waals surface area contributed by atoms with Gasteiger partial charge in [-0.1, -0.05) is 43.2 Å². The number of hydrogen-bond donors (Lipinski definition) is 1. The van der Waals surface area contributed by atoms with Crippen molar-refractivity contribution in [3.63, 3.8) is 0 Å². The summed E-state index contributed by atoms with van der Waals surface area (Å²) in [5.41, 5.74) is 0.865. The van der Waals surface area contributed by atoms with Gasteiger partial charge in [0.25, 0.3) is 10.0 Å². The van der Waals surface area contributed by atoms with E-state index in [4.69, 9.17) is 9.47 Å². The minimum atomic E-state index is -4.28. The summed E-state index contributed by atoms with van der Waals surface area (Å²) < 4.78 is 53.2. The van der Waals surface area contributed by atoms with Gasteiger partial charge in [-0.15, -0.1) is 0 Å². The summed E-state index contributed by atoms with van der Waals surface area (Å²) in [4.78, 5) is 28.5. The molecule has 224 valence electrons. The molecule has 0 radical (unpaired) electrons. The van der Waals surface area contributed by atoms with Gasteiger partial charge in [-0.3, -0.25) is 13.9 Å². The van der Waals surface area contributed by atoms with E-state index in [9.17, 15) is 22.4 Å². The second-order valence-electron chi connectivity index (χ2n) is 10.2. The van der Waals surface area contributed by atoms with Crippen LogP contribution in [-0.4, -0.2) is 58.0 Å². The molecule has 1 aliphatic carbocycles. The zero-order valence-corrected chi connectivity index (χ0v) is 24.8. The first-order valence-electron chi connectivity index (χ1n) is 13.8. The van der Waals surface area contributed by atoms with Gasteiger partial charge in [0.1, 0.15) is 18.4 Å². The molecule has 0 aliphatic heterocycles. The van der Waals surface area contributed by atoms with Gasteiger partial charge in [0.2, 0.25) is 11.8 Å². The van der Waals surface area contributed by atoms with Gasteiger partial charge in [0, 0.05) is 18.7 Å². The van der Waals surface area contributed by atoms with Crippen LogP contribution in [0.25, 0.3) is 0 Å². The molecule has 3 aromatic rings. The zero-order chi connectivity index (χ0) is 30.3. The Kier molecular flexibility index (Phi) is 10.1. The van der Waals surface area contributed by atoms with Crippen LogP contribution >= 0.6 is 0 Å². The van der Waals surface area contributed by atoms with Crippen molar-refractivity contribution >= 4 is 27.5 Å². The summed E-state index contributed by atoms with van der Waals surface area (Å²) in [6.45, 7) is 1.02. The van der Waals surface area contributed by atoms with E-state index in [2.05, 4.69) is 5.32 Å². The highest BCUT2D eigenvalue weighted by molar-refractivity contribution is 7.92. The van der Waals surface area contributed by atoms with E-state index >= 15 is 0 Å². The zero-order valence-electron chi connectivity index (χ0n) is 24.0. The smallest absolute Gasteiger partial charge is 0.264 e. The molecule has 4 rings (SSSR count). The number of methoxy groups -OCH3 is 2. The summed E-state index contributed by atoms with van der Waals surface area (Å²) in [5, 5.41) is 3.02. The third-order valence-electron chi connectivity index (χ3n) is 7.40. The minimum Gasteiger partial charge on any atom is -0.493 e. The molecule has 1 N–H and O–H groups in total. The standard InChI is InChI=1S/C31H36FN3O6S/c1-22(31(37)33-25-9-7-8-10-25)34(20-23-13-15-24(32)16-14-23)30(36)21-35(26-11-5-4-6-12-26)42(38,39)27-17-18-28(40-2)29(19-27)41-3/h4-6,11-19,22,25H,7-10,20-21H2,1-3H3,(H,33,37)/t22-/m0/s1. The van der Waals surface area contributed by atoms with Crippen molar-refractivity contribution < 1.29 is 31.9 Å². The van der Waals surface area contributed by atoms with E-state index in [-0.39, 0.29) is 34.8 Å². The van der Waals surface area contributed by atoms with E-state index in [1.54, 1.807) is 37.3 Å². The molecule has 9 nitrogen and oxygen atoms in total.